The molecule has 3 rings (SSSR count). The van der Waals surface area contributed by atoms with Crippen molar-refractivity contribution in [2.24, 2.45) is 5.73 Å². The Kier molecular flexibility index (Phi) is 5.27. The van der Waals surface area contributed by atoms with E-state index in [1.807, 2.05) is 23.1 Å². The molecule has 126 valence electrons. The molecule has 0 bridgehead atoms. The van der Waals surface area contributed by atoms with Crippen molar-refractivity contribution in [3.63, 3.8) is 0 Å². The highest BCUT2D eigenvalue weighted by Gasteiger charge is 2.33. The van der Waals surface area contributed by atoms with Gasteiger partial charge < -0.3 is 10.6 Å². The summed E-state index contributed by atoms with van der Waals surface area (Å²) in [5, 5.41) is 0. The topological polar surface area (TPSA) is 46.3 Å². The summed E-state index contributed by atoms with van der Waals surface area (Å²) in [5.74, 6) is 0.883. The second-order valence-electron chi connectivity index (χ2n) is 6.54. The number of carbonyl (C=O) groups is 1. The predicted octanol–water partition coefficient (Wildman–Crippen LogP) is 3.35. The Hall–Kier alpha value is -1.78. The first-order chi connectivity index (χ1) is 11.5. The molecule has 1 heterocycles. The van der Waals surface area contributed by atoms with Crippen molar-refractivity contribution in [1.82, 2.24) is 4.90 Å². The van der Waals surface area contributed by atoms with Crippen molar-refractivity contribution in [2.45, 2.75) is 30.7 Å². The van der Waals surface area contributed by atoms with Gasteiger partial charge in [0, 0.05) is 29.9 Å². The molecule has 1 amide bonds. The summed E-state index contributed by atoms with van der Waals surface area (Å²) in [7, 11) is 0. The standard InChI is InChI=1S/C20H24N2OS/c1-14-8-9-19(15(2)10-14)24-13-20(23)22-11-17(18(21)12-22)16-6-4-3-5-7-16/h3-10,17-18H,11-13,21H2,1-2H3/t17-,18+/m0/s1. The molecular weight excluding hydrogens is 316 g/mol. The van der Waals surface area contributed by atoms with Gasteiger partial charge in [0.15, 0.2) is 0 Å². The average Bonchev–Trinajstić information content (AvgIpc) is 2.96. The van der Waals surface area contributed by atoms with Crippen LogP contribution in [0.5, 0.6) is 0 Å². The van der Waals surface area contributed by atoms with E-state index in [2.05, 4.69) is 44.2 Å². The number of benzene rings is 2. The van der Waals surface area contributed by atoms with Gasteiger partial charge in [0.1, 0.15) is 0 Å². The third-order valence-corrected chi connectivity index (χ3v) is 5.79. The highest BCUT2D eigenvalue weighted by atomic mass is 32.2. The molecule has 0 unspecified atom stereocenters. The van der Waals surface area contributed by atoms with Gasteiger partial charge in [-0.3, -0.25) is 4.79 Å². The maximum absolute atomic E-state index is 12.6. The highest BCUT2D eigenvalue weighted by Crippen LogP contribution is 2.28. The lowest BCUT2D eigenvalue weighted by molar-refractivity contribution is -0.127. The number of carbonyl (C=O) groups excluding carboxylic acids is 1. The number of hydrogen-bond acceptors (Lipinski definition) is 3. The van der Waals surface area contributed by atoms with Gasteiger partial charge in [0.05, 0.1) is 5.75 Å². The van der Waals surface area contributed by atoms with Gasteiger partial charge in [0.25, 0.3) is 0 Å². The van der Waals surface area contributed by atoms with Gasteiger partial charge in [-0.25, -0.2) is 0 Å². The molecule has 0 aliphatic carbocycles. The van der Waals surface area contributed by atoms with Crippen LogP contribution < -0.4 is 5.73 Å². The highest BCUT2D eigenvalue weighted by molar-refractivity contribution is 8.00. The monoisotopic (exact) mass is 340 g/mol. The van der Waals surface area contributed by atoms with Crippen LogP contribution in [0.2, 0.25) is 0 Å². The molecular formula is C20H24N2OS. The molecule has 2 aromatic carbocycles. The van der Waals surface area contributed by atoms with Crippen LogP contribution in [-0.4, -0.2) is 35.7 Å². The van der Waals surface area contributed by atoms with Crippen molar-refractivity contribution in [2.75, 3.05) is 18.8 Å². The second kappa shape index (κ2) is 7.41. The van der Waals surface area contributed by atoms with Crippen LogP contribution in [0.3, 0.4) is 0 Å². The minimum Gasteiger partial charge on any atom is -0.340 e. The summed E-state index contributed by atoms with van der Waals surface area (Å²) in [6.45, 7) is 5.54. The van der Waals surface area contributed by atoms with E-state index in [0.717, 1.165) is 6.54 Å². The lowest BCUT2D eigenvalue weighted by Crippen LogP contribution is -2.33. The van der Waals surface area contributed by atoms with Crippen LogP contribution in [-0.2, 0) is 4.79 Å². The van der Waals surface area contributed by atoms with Gasteiger partial charge in [-0.1, -0.05) is 48.0 Å². The molecule has 3 nitrogen and oxygen atoms in total. The van der Waals surface area contributed by atoms with E-state index < -0.39 is 0 Å². The van der Waals surface area contributed by atoms with E-state index in [0.29, 0.717) is 12.3 Å². The largest absolute Gasteiger partial charge is 0.340 e. The smallest absolute Gasteiger partial charge is 0.233 e. The average molecular weight is 340 g/mol. The van der Waals surface area contributed by atoms with Crippen LogP contribution in [0.4, 0.5) is 0 Å². The third kappa shape index (κ3) is 3.82. The molecule has 2 atom stereocenters. The summed E-state index contributed by atoms with van der Waals surface area (Å²) in [5.41, 5.74) is 9.99. The number of hydrogen-bond donors (Lipinski definition) is 1. The van der Waals surface area contributed by atoms with E-state index in [1.165, 1.54) is 21.6 Å². The summed E-state index contributed by atoms with van der Waals surface area (Å²) >= 11 is 1.62. The zero-order chi connectivity index (χ0) is 17.1. The molecule has 1 aliphatic heterocycles. The normalized spacial score (nSPS) is 20.4. The molecule has 0 aromatic heterocycles. The van der Waals surface area contributed by atoms with Gasteiger partial charge in [0.2, 0.25) is 5.91 Å². The van der Waals surface area contributed by atoms with E-state index in [9.17, 15) is 4.79 Å². The van der Waals surface area contributed by atoms with E-state index in [4.69, 9.17) is 5.73 Å². The fourth-order valence-electron chi connectivity index (χ4n) is 3.28. The van der Waals surface area contributed by atoms with Crippen LogP contribution in [0, 0.1) is 13.8 Å². The van der Waals surface area contributed by atoms with Crippen LogP contribution in [0.25, 0.3) is 0 Å². The van der Waals surface area contributed by atoms with Crippen LogP contribution >= 0.6 is 11.8 Å². The van der Waals surface area contributed by atoms with Gasteiger partial charge in [-0.2, -0.15) is 0 Å². The summed E-state index contributed by atoms with van der Waals surface area (Å²) in [6.07, 6.45) is 0. The molecule has 0 radical (unpaired) electrons. The van der Waals surface area contributed by atoms with Crippen molar-refractivity contribution < 1.29 is 4.79 Å². The first kappa shape index (κ1) is 17.1. The Morgan fingerprint density at radius 1 is 1.17 bits per heavy atom. The summed E-state index contributed by atoms with van der Waals surface area (Å²) in [6, 6.07) is 16.6. The molecule has 0 saturated carbocycles. The van der Waals surface area contributed by atoms with Gasteiger partial charge >= 0.3 is 0 Å². The molecule has 4 heteroatoms. The molecule has 1 saturated heterocycles. The minimum absolute atomic E-state index is 0.0162. The van der Waals surface area contributed by atoms with Crippen LogP contribution in [0.15, 0.2) is 53.4 Å². The Labute approximate surface area is 148 Å². The fourth-order valence-corrected chi connectivity index (χ4v) is 4.19. The lowest BCUT2D eigenvalue weighted by atomic mass is 9.95. The van der Waals surface area contributed by atoms with Gasteiger partial charge in [-0.15, -0.1) is 11.8 Å². The zero-order valence-electron chi connectivity index (χ0n) is 14.2. The zero-order valence-corrected chi connectivity index (χ0v) is 15.1. The van der Waals surface area contributed by atoms with Gasteiger partial charge in [-0.05, 0) is 31.0 Å². The SMILES string of the molecule is Cc1ccc(SCC(=O)N2C[C@@H](N)[C@H](c3ccccc3)C2)c(C)c1. The molecule has 1 fully saturated rings. The molecule has 2 aromatic rings. The predicted molar refractivity (Wildman–Crippen MR) is 100 cm³/mol. The Morgan fingerprint density at radius 2 is 1.92 bits per heavy atom. The van der Waals surface area contributed by atoms with E-state index in [-0.39, 0.29) is 17.9 Å². The quantitative estimate of drug-likeness (QED) is 0.868. The first-order valence-electron chi connectivity index (χ1n) is 8.33. The van der Waals surface area contributed by atoms with Crippen LogP contribution in [0.1, 0.15) is 22.6 Å². The number of likely N-dealkylation sites (tertiary alicyclic amines) is 1. The molecule has 24 heavy (non-hydrogen) atoms. The third-order valence-electron chi connectivity index (χ3n) is 4.63. The Bertz CT molecular complexity index is 717. The van der Waals surface area contributed by atoms with E-state index >= 15 is 0 Å². The summed E-state index contributed by atoms with van der Waals surface area (Å²) in [4.78, 5) is 15.7. The number of thioether (sulfide) groups is 1. The van der Waals surface area contributed by atoms with E-state index in [1.54, 1.807) is 11.8 Å². The van der Waals surface area contributed by atoms with Crippen molar-refractivity contribution in [3.05, 3.63) is 65.2 Å². The fraction of sp³-hybridized carbons (Fsp3) is 0.350. The molecule has 0 spiro atoms. The van der Waals surface area contributed by atoms with Crippen molar-refractivity contribution in [1.29, 1.82) is 0 Å². The number of rotatable bonds is 4. The minimum atomic E-state index is 0.0162. The number of amides is 1. The number of aryl methyl sites for hydroxylation is 2. The maximum atomic E-state index is 12.6. The molecule has 2 N–H and O–H groups in total. The number of nitrogens with zero attached hydrogens (tertiary/aromatic N) is 1. The Morgan fingerprint density at radius 3 is 2.62 bits per heavy atom. The molecule has 1 aliphatic rings. The van der Waals surface area contributed by atoms with Crippen molar-refractivity contribution >= 4 is 17.7 Å². The Balaban J connectivity index is 1.60. The summed E-state index contributed by atoms with van der Waals surface area (Å²) < 4.78 is 0. The first-order valence-corrected chi connectivity index (χ1v) is 9.31. The van der Waals surface area contributed by atoms with Crippen molar-refractivity contribution in [3.8, 4) is 0 Å². The lowest BCUT2D eigenvalue weighted by Gasteiger charge is -2.16. The second-order valence-corrected chi connectivity index (χ2v) is 7.55. The number of nitrogens with two attached hydrogens (primary N) is 1. The maximum Gasteiger partial charge on any atom is 0.233 e.